The number of hydrogen-bond acceptors (Lipinski definition) is 5. The topological polar surface area (TPSA) is 106 Å². The number of sulfonamides is 1. The predicted molar refractivity (Wildman–Crippen MR) is 77.6 cm³/mol. The van der Waals surface area contributed by atoms with E-state index < -0.39 is 25.4 Å². The van der Waals surface area contributed by atoms with E-state index >= 15 is 0 Å². The van der Waals surface area contributed by atoms with Crippen LogP contribution in [0.4, 0.5) is 5.69 Å². The maximum atomic E-state index is 12.4. The highest BCUT2D eigenvalue weighted by atomic mass is 32.2. The fourth-order valence-electron chi connectivity index (χ4n) is 2.39. The summed E-state index contributed by atoms with van der Waals surface area (Å²) in [5.41, 5.74) is 5.60. The number of rotatable bonds is 3. The summed E-state index contributed by atoms with van der Waals surface area (Å²) in [7, 11) is -6.98. The summed E-state index contributed by atoms with van der Waals surface area (Å²) in [6.45, 7) is 3.23. The van der Waals surface area contributed by atoms with Crippen LogP contribution in [0.25, 0.3) is 0 Å². The van der Waals surface area contributed by atoms with Gasteiger partial charge in [0.2, 0.25) is 10.0 Å². The lowest BCUT2D eigenvalue weighted by atomic mass is 10.0. The van der Waals surface area contributed by atoms with Gasteiger partial charge in [-0.2, -0.15) is 0 Å². The normalized spacial score (nSPS) is 25.7. The first-order valence-corrected chi connectivity index (χ1v) is 9.45. The van der Waals surface area contributed by atoms with Crippen LogP contribution in [0.1, 0.15) is 18.9 Å². The molecule has 1 aromatic rings. The summed E-state index contributed by atoms with van der Waals surface area (Å²) >= 11 is 0. The van der Waals surface area contributed by atoms with Crippen LogP contribution in [0, 0.1) is 6.92 Å². The zero-order valence-electron chi connectivity index (χ0n) is 11.4. The second-order valence-corrected chi connectivity index (χ2v) is 9.31. The standard InChI is InChI=1S/C12H18N2O4S2/c1-9-10(13)4-3-5-11(9)20(17,18)14-12(2)6-7-19(15,16)8-12/h3-5,14H,6-8,13H2,1-2H3. The Hall–Kier alpha value is -1.12. The van der Waals surface area contributed by atoms with Gasteiger partial charge in [0.1, 0.15) is 0 Å². The molecule has 0 aromatic heterocycles. The highest BCUT2D eigenvalue weighted by molar-refractivity contribution is 7.92. The Morgan fingerprint density at radius 1 is 1.35 bits per heavy atom. The molecule has 0 spiro atoms. The smallest absolute Gasteiger partial charge is 0.241 e. The van der Waals surface area contributed by atoms with E-state index in [4.69, 9.17) is 5.73 Å². The van der Waals surface area contributed by atoms with E-state index in [1.54, 1.807) is 26.0 Å². The molecule has 0 bridgehead atoms. The van der Waals surface area contributed by atoms with Crippen LogP contribution in [0.2, 0.25) is 0 Å². The van der Waals surface area contributed by atoms with Crippen LogP contribution in [0.3, 0.4) is 0 Å². The predicted octanol–water partition coefficient (Wildman–Crippen LogP) is 0.433. The largest absolute Gasteiger partial charge is 0.398 e. The molecule has 112 valence electrons. The Balaban J connectivity index is 2.36. The maximum Gasteiger partial charge on any atom is 0.241 e. The molecular weight excluding hydrogens is 300 g/mol. The van der Waals surface area contributed by atoms with E-state index in [1.807, 2.05) is 0 Å². The molecule has 1 unspecified atom stereocenters. The van der Waals surface area contributed by atoms with Crippen LogP contribution in [0.5, 0.6) is 0 Å². The van der Waals surface area contributed by atoms with E-state index in [9.17, 15) is 16.8 Å². The highest BCUT2D eigenvalue weighted by Gasteiger charge is 2.41. The van der Waals surface area contributed by atoms with E-state index in [1.165, 1.54) is 6.07 Å². The third-order valence-corrected chi connectivity index (χ3v) is 7.19. The van der Waals surface area contributed by atoms with Gasteiger partial charge in [0.05, 0.1) is 16.4 Å². The summed E-state index contributed by atoms with van der Waals surface area (Å²) in [5.74, 6) is -0.178. The van der Waals surface area contributed by atoms with Crippen LogP contribution in [-0.4, -0.2) is 33.9 Å². The van der Waals surface area contributed by atoms with E-state index in [2.05, 4.69) is 4.72 Å². The minimum atomic E-state index is -3.80. The zero-order chi connectivity index (χ0) is 15.2. The molecule has 0 radical (unpaired) electrons. The van der Waals surface area contributed by atoms with Crippen molar-refractivity contribution in [3.63, 3.8) is 0 Å². The molecule has 6 nitrogen and oxygen atoms in total. The molecule has 20 heavy (non-hydrogen) atoms. The molecule has 2 rings (SSSR count). The Bertz CT molecular complexity index is 741. The summed E-state index contributed by atoms with van der Waals surface area (Å²) < 4.78 is 50.4. The van der Waals surface area contributed by atoms with Crippen LogP contribution in [-0.2, 0) is 19.9 Å². The molecule has 0 amide bonds. The van der Waals surface area contributed by atoms with Crippen molar-refractivity contribution < 1.29 is 16.8 Å². The summed E-state index contributed by atoms with van der Waals surface area (Å²) in [5, 5.41) is 0. The van der Waals surface area contributed by atoms with Crippen molar-refractivity contribution in [2.24, 2.45) is 0 Å². The van der Waals surface area contributed by atoms with Gasteiger partial charge in [0, 0.05) is 11.2 Å². The van der Waals surface area contributed by atoms with Crippen molar-refractivity contribution in [3.05, 3.63) is 23.8 Å². The molecular formula is C12H18N2O4S2. The lowest BCUT2D eigenvalue weighted by Gasteiger charge is -2.24. The zero-order valence-corrected chi connectivity index (χ0v) is 13.0. The first-order chi connectivity index (χ1) is 9.05. The molecule has 0 saturated carbocycles. The quantitative estimate of drug-likeness (QED) is 0.786. The van der Waals surface area contributed by atoms with Crippen LogP contribution in [0.15, 0.2) is 23.1 Å². The van der Waals surface area contributed by atoms with Gasteiger partial charge in [0.15, 0.2) is 9.84 Å². The number of sulfone groups is 1. The van der Waals surface area contributed by atoms with Crippen molar-refractivity contribution in [1.29, 1.82) is 0 Å². The Morgan fingerprint density at radius 2 is 2.00 bits per heavy atom. The molecule has 1 heterocycles. The lowest BCUT2D eigenvalue weighted by Crippen LogP contribution is -2.46. The van der Waals surface area contributed by atoms with E-state index in [0.29, 0.717) is 11.3 Å². The van der Waals surface area contributed by atoms with Crippen LogP contribution >= 0.6 is 0 Å². The Morgan fingerprint density at radius 3 is 2.55 bits per heavy atom. The van der Waals surface area contributed by atoms with Crippen molar-refractivity contribution in [1.82, 2.24) is 4.72 Å². The molecule has 1 aliphatic rings. The lowest BCUT2D eigenvalue weighted by molar-refractivity contribution is 0.461. The van der Waals surface area contributed by atoms with Gasteiger partial charge in [-0.3, -0.25) is 0 Å². The number of nitrogens with two attached hydrogens (primary N) is 1. The number of anilines is 1. The minimum absolute atomic E-state index is 0.00192. The third kappa shape index (κ3) is 2.97. The number of nitrogen functional groups attached to an aromatic ring is 1. The number of hydrogen-bond donors (Lipinski definition) is 2. The minimum Gasteiger partial charge on any atom is -0.398 e. The molecule has 1 atom stereocenters. The summed E-state index contributed by atoms with van der Waals surface area (Å²) in [6, 6.07) is 4.64. The average molecular weight is 318 g/mol. The molecule has 1 aromatic carbocycles. The van der Waals surface area contributed by atoms with Gasteiger partial charge in [-0.1, -0.05) is 6.07 Å². The number of benzene rings is 1. The van der Waals surface area contributed by atoms with Gasteiger partial charge in [-0.15, -0.1) is 0 Å². The fourth-order valence-corrected chi connectivity index (χ4v) is 6.29. The highest BCUT2D eigenvalue weighted by Crippen LogP contribution is 2.27. The average Bonchev–Trinajstić information content (AvgIpc) is 2.55. The van der Waals surface area contributed by atoms with Crippen molar-refractivity contribution in [2.45, 2.75) is 30.7 Å². The number of nitrogens with one attached hydrogen (secondary N) is 1. The van der Waals surface area contributed by atoms with Crippen LogP contribution < -0.4 is 10.5 Å². The summed E-state index contributed by atoms with van der Waals surface area (Å²) in [4.78, 5) is 0.0861. The van der Waals surface area contributed by atoms with E-state index in [-0.39, 0.29) is 22.8 Å². The van der Waals surface area contributed by atoms with Gasteiger partial charge >= 0.3 is 0 Å². The third-order valence-electron chi connectivity index (χ3n) is 3.50. The maximum absolute atomic E-state index is 12.4. The molecule has 0 aliphatic carbocycles. The second kappa shape index (κ2) is 4.71. The first-order valence-electron chi connectivity index (χ1n) is 6.14. The van der Waals surface area contributed by atoms with Gasteiger partial charge in [-0.25, -0.2) is 21.6 Å². The fraction of sp³-hybridized carbons (Fsp3) is 0.500. The molecule has 1 saturated heterocycles. The molecule has 8 heteroatoms. The first kappa shape index (κ1) is 15.3. The second-order valence-electron chi connectivity index (χ2n) is 5.48. The Labute approximate surface area is 119 Å². The Kier molecular flexibility index (Phi) is 3.60. The van der Waals surface area contributed by atoms with Crippen molar-refractivity contribution in [3.8, 4) is 0 Å². The van der Waals surface area contributed by atoms with Gasteiger partial charge in [0.25, 0.3) is 0 Å². The molecule has 3 N–H and O–H groups in total. The molecule has 1 aliphatic heterocycles. The van der Waals surface area contributed by atoms with Gasteiger partial charge in [-0.05, 0) is 38.0 Å². The molecule has 1 fully saturated rings. The monoisotopic (exact) mass is 318 g/mol. The summed E-state index contributed by atoms with van der Waals surface area (Å²) in [6.07, 6.45) is 0.274. The van der Waals surface area contributed by atoms with Crippen molar-refractivity contribution >= 4 is 25.5 Å². The SMILES string of the molecule is Cc1c(N)cccc1S(=O)(=O)NC1(C)CCS(=O)(=O)C1. The van der Waals surface area contributed by atoms with E-state index in [0.717, 1.165) is 0 Å². The van der Waals surface area contributed by atoms with Gasteiger partial charge < -0.3 is 5.73 Å². The van der Waals surface area contributed by atoms with Crippen molar-refractivity contribution in [2.75, 3.05) is 17.2 Å².